The van der Waals surface area contributed by atoms with Crippen LogP contribution >= 0.6 is 0 Å². The second kappa shape index (κ2) is 8.12. The Hall–Kier alpha value is -1.40. The quantitative estimate of drug-likeness (QED) is 0.852. The molecule has 134 valence electrons. The van der Waals surface area contributed by atoms with E-state index in [0.717, 1.165) is 19.3 Å². The number of hydrogen-bond acceptors (Lipinski definition) is 3. The molecule has 6 heteroatoms. The summed E-state index contributed by atoms with van der Waals surface area (Å²) in [5.74, 6) is 1.03. The molecule has 0 aliphatic carbocycles. The topological polar surface area (TPSA) is 66.5 Å². The lowest BCUT2D eigenvalue weighted by Gasteiger charge is -2.29. The monoisotopic (exact) mass is 352 g/mol. The molecule has 1 aliphatic rings. The van der Waals surface area contributed by atoms with Gasteiger partial charge in [-0.05, 0) is 55.4 Å². The average Bonchev–Trinajstić information content (AvgIpc) is 2.54. The van der Waals surface area contributed by atoms with Crippen molar-refractivity contribution < 1.29 is 13.2 Å². The molecule has 1 aliphatic heterocycles. The van der Waals surface area contributed by atoms with Crippen molar-refractivity contribution in [2.75, 3.05) is 18.4 Å². The van der Waals surface area contributed by atoms with Gasteiger partial charge in [0.15, 0.2) is 0 Å². The van der Waals surface area contributed by atoms with E-state index in [1.807, 2.05) is 0 Å². The van der Waals surface area contributed by atoms with Crippen molar-refractivity contribution >= 4 is 21.6 Å². The third-order valence-electron chi connectivity index (χ3n) is 4.47. The van der Waals surface area contributed by atoms with Crippen LogP contribution in [0.3, 0.4) is 0 Å². The van der Waals surface area contributed by atoms with Crippen LogP contribution < -0.4 is 5.32 Å². The second-order valence-electron chi connectivity index (χ2n) is 7.09. The zero-order chi connectivity index (χ0) is 17.7. The Bertz CT molecular complexity index is 645. The fourth-order valence-corrected chi connectivity index (χ4v) is 4.20. The van der Waals surface area contributed by atoms with Gasteiger partial charge >= 0.3 is 0 Å². The highest BCUT2D eigenvalue weighted by molar-refractivity contribution is 7.89. The first kappa shape index (κ1) is 18.9. The number of sulfonamides is 1. The summed E-state index contributed by atoms with van der Waals surface area (Å²) in [4.78, 5) is 12.1. The van der Waals surface area contributed by atoms with Gasteiger partial charge in [-0.2, -0.15) is 4.31 Å². The first-order valence-corrected chi connectivity index (χ1v) is 10.1. The Labute approximate surface area is 145 Å². The van der Waals surface area contributed by atoms with Crippen LogP contribution in [-0.4, -0.2) is 31.7 Å². The first-order valence-electron chi connectivity index (χ1n) is 8.69. The van der Waals surface area contributed by atoms with Gasteiger partial charge in [0.1, 0.15) is 0 Å². The van der Waals surface area contributed by atoms with Crippen LogP contribution in [-0.2, 0) is 14.8 Å². The van der Waals surface area contributed by atoms with E-state index in [4.69, 9.17) is 0 Å². The number of hydrogen-bond donors (Lipinski definition) is 1. The number of nitrogens with one attached hydrogen (secondary N) is 1. The van der Waals surface area contributed by atoms with Crippen molar-refractivity contribution in [3.8, 4) is 0 Å². The Morgan fingerprint density at radius 2 is 1.79 bits per heavy atom. The van der Waals surface area contributed by atoms with Gasteiger partial charge in [-0.3, -0.25) is 4.79 Å². The number of carbonyl (C=O) groups excluding carboxylic acids is 1. The highest BCUT2D eigenvalue weighted by atomic mass is 32.2. The second-order valence-corrected chi connectivity index (χ2v) is 9.03. The maximum Gasteiger partial charge on any atom is 0.243 e. The van der Waals surface area contributed by atoms with Crippen molar-refractivity contribution in [2.24, 2.45) is 11.8 Å². The Kier molecular flexibility index (Phi) is 6.40. The number of nitrogens with zero attached hydrogens (tertiary/aromatic N) is 1. The molecule has 0 bridgehead atoms. The lowest BCUT2D eigenvalue weighted by molar-refractivity contribution is -0.116. The molecule has 0 saturated carbocycles. The van der Waals surface area contributed by atoms with Gasteiger partial charge in [-0.25, -0.2) is 8.42 Å². The number of anilines is 1. The molecular formula is C18H28N2O3S. The molecule has 5 nitrogen and oxygen atoms in total. The summed E-state index contributed by atoms with van der Waals surface area (Å²) in [6.07, 6.45) is 3.13. The average molecular weight is 353 g/mol. The van der Waals surface area contributed by atoms with Crippen LogP contribution in [0.15, 0.2) is 29.2 Å². The standard InChI is InChI=1S/C18H28N2O3S/c1-14(2)4-9-18(21)19-16-5-7-17(8-6-16)24(22,23)20-12-10-15(3)11-13-20/h5-8,14-15H,4,9-13H2,1-3H3,(H,19,21). The van der Waals surface area contributed by atoms with E-state index < -0.39 is 10.0 Å². The number of piperidine rings is 1. The van der Waals surface area contributed by atoms with Gasteiger partial charge in [0, 0.05) is 25.2 Å². The third-order valence-corrected chi connectivity index (χ3v) is 6.38. The fourth-order valence-electron chi connectivity index (χ4n) is 2.73. The van der Waals surface area contributed by atoms with Crippen LogP contribution in [0.5, 0.6) is 0 Å². The zero-order valence-electron chi connectivity index (χ0n) is 14.8. The molecule has 0 aromatic heterocycles. The molecule has 24 heavy (non-hydrogen) atoms. The van der Waals surface area contributed by atoms with Crippen LogP contribution in [0.25, 0.3) is 0 Å². The van der Waals surface area contributed by atoms with Crippen molar-refractivity contribution in [1.29, 1.82) is 0 Å². The molecule has 0 radical (unpaired) electrons. The zero-order valence-corrected chi connectivity index (χ0v) is 15.6. The molecule has 0 atom stereocenters. The van der Waals surface area contributed by atoms with Gasteiger partial charge < -0.3 is 5.32 Å². The predicted molar refractivity (Wildman–Crippen MR) is 96.3 cm³/mol. The molecule has 1 aromatic rings. The highest BCUT2D eigenvalue weighted by Gasteiger charge is 2.27. The van der Waals surface area contributed by atoms with Crippen LogP contribution in [0.1, 0.15) is 46.5 Å². The van der Waals surface area contributed by atoms with Crippen LogP contribution in [0.2, 0.25) is 0 Å². The van der Waals surface area contributed by atoms with Gasteiger partial charge in [0.05, 0.1) is 4.90 Å². The van der Waals surface area contributed by atoms with Crippen molar-refractivity contribution in [3.05, 3.63) is 24.3 Å². The summed E-state index contributed by atoms with van der Waals surface area (Å²) in [6, 6.07) is 6.47. The Morgan fingerprint density at radius 1 is 1.21 bits per heavy atom. The predicted octanol–water partition coefficient (Wildman–Crippen LogP) is 3.48. The number of rotatable bonds is 6. The highest BCUT2D eigenvalue weighted by Crippen LogP contribution is 2.24. The summed E-state index contributed by atoms with van der Waals surface area (Å²) in [6.45, 7) is 7.47. The van der Waals surface area contributed by atoms with Crippen molar-refractivity contribution in [1.82, 2.24) is 4.31 Å². The molecule has 0 unspecified atom stereocenters. The minimum absolute atomic E-state index is 0.0377. The minimum Gasteiger partial charge on any atom is -0.326 e. The number of benzene rings is 1. The van der Waals surface area contributed by atoms with E-state index in [2.05, 4.69) is 26.1 Å². The molecule has 0 spiro atoms. The smallest absolute Gasteiger partial charge is 0.243 e. The van der Waals surface area contributed by atoms with Crippen LogP contribution in [0.4, 0.5) is 5.69 Å². The maximum absolute atomic E-state index is 12.6. The Morgan fingerprint density at radius 3 is 2.33 bits per heavy atom. The van der Waals surface area contributed by atoms with E-state index >= 15 is 0 Å². The maximum atomic E-state index is 12.6. The molecule has 1 heterocycles. The SMILES string of the molecule is CC(C)CCC(=O)Nc1ccc(S(=O)(=O)N2CCC(C)CC2)cc1. The van der Waals surface area contributed by atoms with E-state index in [-0.39, 0.29) is 10.8 Å². The molecular weight excluding hydrogens is 324 g/mol. The van der Waals surface area contributed by atoms with Gasteiger partial charge in [-0.1, -0.05) is 20.8 Å². The third kappa shape index (κ3) is 5.05. The lowest BCUT2D eigenvalue weighted by atomic mass is 10.0. The molecule has 1 N–H and O–H groups in total. The van der Waals surface area contributed by atoms with E-state index in [1.54, 1.807) is 28.6 Å². The number of carbonyl (C=O) groups is 1. The van der Waals surface area contributed by atoms with E-state index in [1.165, 1.54) is 0 Å². The molecule has 1 fully saturated rings. The van der Waals surface area contributed by atoms with Gasteiger partial charge in [-0.15, -0.1) is 0 Å². The van der Waals surface area contributed by atoms with Crippen molar-refractivity contribution in [2.45, 2.75) is 51.3 Å². The molecule has 1 amide bonds. The number of amides is 1. The fraction of sp³-hybridized carbons (Fsp3) is 0.611. The Balaban J connectivity index is 1.99. The van der Waals surface area contributed by atoms with Gasteiger partial charge in [0.25, 0.3) is 0 Å². The normalized spacial score (nSPS) is 17.2. The molecule has 1 aromatic carbocycles. The summed E-state index contributed by atoms with van der Waals surface area (Å²) in [7, 11) is -3.43. The molecule has 1 saturated heterocycles. The van der Waals surface area contributed by atoms with Crippen molar-refractivity contribution in [3.63, 3.8) is 0 Å². The summed E-state index contributed by atoms with van der Waals surface area (Å²) < 4.78 is 26.8. The minimum atomic E-state index is -3.43. The first-order chi connectivity index (χ1) is 11.3. The van der Waals surface area contributed by atoms with Gasteiger partial charge in [0.2, 0.25) is 15.9 Å². The van der Waals surface area contributed by atoms with Crippen LogP contribution in [0, 0.1) is 11.8 Å². The largest absolute Gasteiger partial charge is 0.326 e. The summed E-state index contributed by atoms with van der Waals surface area (Å²) >= 11 is 0. The van der Waals surface area contributed by atoms with E-state index in [0.29, 0.717) is 37.0 Å². The molecule has 2 rings (SSSR count). The van der Waals surface area contributed by atoms with E-state index in [9.17, 15) is 13.2 Å². The summed E-state index contributed by atoms with van der Waals surface area (Å²) in [5.41, 5.74) is 0.634. The lowest BCUT2D eigenvalue weighted by Crippen LogP contribution is -2.37. The summed E-state index contributed by atoms with van der Waals surface area (Å²) in [5, 5.41) is 2.81.